The van der Waals surface area contributed by atoms with Gasteiger partial charge in [0.15, 0.2) is 0 Å². The van der Waals surface area contributed by atoms with Crippen LogP contribution >= 0.6 is 0 Å². The predicted octanol–water partition coefficient (Wildman–Crippen LogP) is 2.38. The average molecular weight is 282 g/mol. The smallest absolute Gasteiger partial charge is 0.132 e. The molecule has 2 heterocycles. The summed E-state index contributed by atoms with van der Waals surface area (Å²) in [5.74, 6) is 0.961. The van der Waals surface area contributed by atoms with Crippen LogP contribution in [0.25, 0.3) is 0 Å². The molecule has 0 unspecified atom stereocenters. The van der Waals surface area contributed by atoms with E-state index in [1.54, 1.807) is 0 Å². The van der Waals surface area contributed by atoms with E-state index in [-0.39, 0.29) is 0 Å². The third kappa shape index (κ3) is 3.40. The SMILES string of the molecule is CN(c1ccccc1)c1ccc(CN2CC[C@H](N)C2)cn1. The van der Waals surface area contributed by atoms with Crippen LogP contribution in [0, 0.1) is 0 Å². The molecule has 1 aliphatic rings. The lowest BCUT2D eigenvalue weighted by Crippen LogP contribution is -2.26. The lowest BCUT2D eigenvalue weighted by molar-refractivity contribution is 0.326. The molecule has 2 aromatic rings. The number of hydrogen-bond acceptors (Lipinski definition) is 4. The molecule has 0 bridgehead atoms. The second-order valence-electron chi connectivity index (χ2n) is 5.70. The van der Waals surface area contributed by atoms with Crippen LogP contribution in [0.4, 0.5) is 11.5 Å². The van der Waals surface area contributed by atoms with Crippen LogP contribution in [0.3, 0.4) is 0 Å². The van der Waals surface area contributed by atoms with Crippen molar-refractivity contribution in [3.8, 4) is 0 Å². The van der Waals surface area contributed by atoms with E-state index >= 15 is 0 Å². The fourth-order valence-corrected chi connectivity index (χ4v) is 2.76. The number of para-hydroxylation sites is 1. The molecule has 0 radical (unpaired) electrons. The first-order chi connectivity index (χ1) is 10.2. The van der Waals surface area contributed by atoms with Crippen molar-refractivity contribution in [1.82, 2.24) is 9.88 Å². The molecule has 3 rings (SSSR count). The summed E-state index contributed by atoms with van der Waals surface area (Å²) in [5, 5.41) is 0. The molecule has 0 spiro atoms. The van der Waals surface area contributed by atoms with Gasteiger partial charge in [0.2, 0.25) is 0 Å². The van der Waals surface area contributed by atoms with Gasteiger partial charge in [-0.3, -0.25) is 4.90 Å². The van der Waals surface area contributed by atoms with Crippen molar-refractivity contribution in [2.75, 3.05) is 25.0 Å². The molecule has 1 aromatic heterocycles. The molecule has 1 atom stereocenters. The molecule has 110 valence electrons. The quantitative estimate of drug-likeness (QED) is 0.935. The van der Waals surface area contributed by atoms with Gasteiger partial charge < -0.3 is 10.6 Å². The van der Waals surface area contributed by atoms with E-state index in [1.807, 2.05) is 31.4 Å². The van der Waals surface area contributed by atoms with E-state index < -0.39 is 0 Å². The zero-order valence-corrected chi connectivity index (χ0v) is 12.4. The Kier molecular flexibility index (Phi) is 4.18. The summed E-state index contributed by atoms with van der Waals surface area (Å²) in [6.45, 7) is 3.02. The molecule has 0 saturated carbocycles. The third-order valence-electron chi connectivity index (χ3n) is 4.01. The number of pyridine rings is 1. The Hall–Kier alpha value is -1.91. The number of anilines is 2. The first kappa shape index (κ1) is 14.0. The van der Waals surface area contributed by atoms with Gasteiger partial charge in [0.25, 0.3) is 0 Å². The van der Waals surface area contributed by atoms with Crippen LogP contribution < -0.4 is 10.6 Å². The predicted molar refractivity (Wildman–Crippen MR) is 86.6 cm³/mol. The fraction of sp³-hybridized carbons (Fsp3) is 0.353. The van der Waals surface area contributed by atoms with E-state index in [9.17, 15) is 0 Å². The molecule has 1 saturated heterocycles. The summed E-state index contributed by atoms with van der Waals surface area (Å²) in [6, 6.07) is 14.8. The molecule has 21 heavy (non-hydrogen) atoms. The van der Waals surface area contributed by atoms with E-state index in [0.717, 1.165) is 37.6 Å². The van der Waals surface area contributed by atoms with Crippen LogP contribution in [-0.4, -0.2) is 36.1 Å². The van der Waals surface area contributed by atoms with Gasteiger partial charge in [-0.25, -0.2) is 4.98 Å². The average Bonchev–Trinajstić information content (AvgIpc) is 2.93. The summed E-state index contributed by atoms with van der Waals surface area (Å²) in [6.07, 6.45) is 3.07. The van der Waals surface area contributed by atoms with Crippen molar-refractivity contribution < 1.29 is 0 Å². The van der Waals surface area contributed by atoms with E-state index in [2.05, 4.69) is 39.0 Å². The minimum Gasteiger partial charge on any atom is -0.329 e. The third-order valence-corrected chi connectivity index (χ3v) is 4.01. The monoisotopic (exact) mass is 282 g/mol. The Morgan fingerprint density at radius 2 is 2.05 bits per heavy atom. The summed E-state index contributed by atoms with van der Waals surface area (Å²) in [4.78, 5) is 9.07. The van der Waals surface area contributed by atoms with Crippen molar-refractivity contribution in [3.63, 3.8) is 0 Å². The standard InChI is InChI=1S/C17H22N4/c1-20(16-5-3-2-4-6-16)17-8-7-14(11-19-17)12-21-10-9-15(18)13-21/h2-8,11,15H,9-10,12-13,18H2,1H3/t15-/m0/s1. The van der Waals surface area contributed by atoms with Crippen molar-refractivity contribution in [3.05, 3.63) is 54.2 Å². The molecule has 4 nitrogen and oxygen atoms in total. The van der Waals surface area contributed by atoms with Gasteiger partial charge in [-0.2, -0.15) is 0 Å². The van der Waals surface area contributed by atoms with Gasteiger partial charge in [0.05, 0.1) is 0 Å². The van der Waals surface area contributed by atoms with E-state index in [1.165, 1.54) is 5.56 Å². The molecule has 0 aliphatic carbocycles. The van der Waals surface area contributed by atoms with E-state index in [4.69, 9.17) is 5.73 Å². The molecule has 1 aliphatic heterocycles. The largest absolute Gasteiger partial charge is 0.329 e. The summed E-state index contributed by atoms with van der Waals surface area (Å²) in [7, 11) is 2.04. The highest BCUT2D eigenvalue weighted by atomic mass is 15.2. The minimum absolute atomic E-state index is 0.335. The summed E-state index contributed by atoms with van der Waals surface area (Å²) >= 11 is 0. The highest BCUT2D eigenvalue weighted by Crippen LogP contribution is 2.21. The van der Waals surface area contributed by atoms with Gasteiger partial charge in [-0.1, -0.05) is 24.3 Å². The topological polar surface area (TPSA) is 45.4 Å². The maximum Gasteiger partial charge on any atom is 0.132 e. The van der Waals surface area contributed by atoms with Crippen molar-refractivity contribution in [2.24, 2.45) is 5.73 Å². The first-order valence-electron chi connectivity index (χ1n) is 7.44. The number of nitrogens with two attached hydrogens (primary N) is 1. The van der Waals surface area contributed by atoms with Gasteiger partial charge in [-0.15, -0.1) is 0 Å². The van der Waals surface area contributed by atoms with Crippen molar-refractivity contribution >= 4 is 11.5 Å². The molecule has 2 N–H and O–H groups in total. The number of benzene rings is 1. The van der Waals surface area contributed by atoms with Crippen LogP contribution in [0.5, 0.6) is 0 Å². The minimum atomic E-state index is 0.335. The maximum atomic E-state index is 5.94. The molecule has 1 aromatic carbocycles. The Balaban J connectivity index is 1.66. The normalized spacial score (nSPS) is 18.9. The maximum absolute atomic E-state index is 5.94. The van der Waals surface area contributed by atoms with Gasteiger partial charge in [0.1, 0.15) is 5.82 Å². The number of hydrogen-bond donors (Lipinski definition) is 1. The second kappa shape index (κ2) is 6.24. The number of aromatic nitrogens is 1. The Bertz CT molecular complexity index is 567. The number of nitrogens with zero attached hydrogens (tertiary/aromatic N) is 3. The highest BCUT2D eigenvalue weighted by Gasteiger charge is 2.18. The van der Waals surface area contributed by atoms with Crippen LogP contribution in [0.2, 0.25) is 0 Å². The molecule has 1 fully saturated rings. The lowest BCUT2D eigenvalue weighted by atomic mass is 10.2. The summed E-state index contributed by atoms with van der Waals surface area (Å²) in [5.41, 5.74) is 8.33. The van der Waals surface area contributed by atoms with Crippen molar-refractivity contribution in [1.29, 1.82) is 0 Å². The van der Waals surface area contributed by atoms with Gasteiger partial charge in [-0.05, 0) is 30.2 Å². The van der Waals surface area contributed by atoms with Gasteiger partial charge >= 0.3 is 0 Å². The second-order valence-corrected chi connectivity index (χ2v) is 5.70. The molecule has 0 amide bonds. The molecule has 4 heteroatoms. The Labute approximate surface area is 126 Å². The Morgan fingerprint density at radius 1 is 1.24 bits per heavy atom. The number of rotatable bonds is 4. The number of likely N-dealkylation sites (tertiary alicyclic amines) is 1. The van der Waals surface area contributed by atoms with E-state index in [0.29, 0.717) is 6.04 Å². The fourth-order valence-electron chi connectivity index (χ4n) is 2.76. The van der Waals surface area contributed by atoms with Crippen molar-refractivity contribution in [2.45, 2.75) is 19.0 Å². The van der Waals surface area contributed by atoms with Gasteiger partial charge in [0, 0.05) is 44.6 Å². The Morgan fingerprint density at radius 3 is 2.67 bits per heavy atom. The van der Waals surface area contributed by atoms with Crippen LogP contribution in [0.15, 0.2) is 48.7 Å². The zero-order valence-electron chi connectivity index (χ0n) is 12.4. The lowest BCUT2D eigenvalue weighted by Gasteiger charge is -2.19. The molecular formula is C17H22N4. The first-order valence-corrected chi connectivity index (χ1v) is 7.44. The molecular weight excluding hydrogens is 260 g/mol. The van der Waals surface area contributed by atoms with Crippen LogP contribution in [0.1, 0.15) is 12.0 Å². The van der Waals surface area contributed by atoms with Crippen LogP contribution in [-0.2, 0) is 6.54 Å². The zero-order chi connectivity index (χ0) is 14.7. The summed E-state index contributed by atoms with van der Waals surface area (Å²) < 4.78 is 0. The highest BCUT2D eigenvalue weighted by molar-refractivity contribution is 5.58.